The molecule has 2 saturated heterocycles. The first-order chi connectivity index (χ1) is 9.09. The predicted octanol–water partition coefficient (Wildman–Crippen LogP) is 0.174. The summed E-state index contributed by atoms with van der Waals surface area (Å²) in [6, 6.07) is -0.721. The highest BCUT2D eigenvalue weighted by molar-refractivity contribution is 7.91. The van der Waals surface area contributed by atoms with Crippen molar-refractivity contribution in [2.24, 2.45) is 5.41 Å². The molecule has 0 aromatic heterocycles. The highest BCUT2D eigenvalue weighted by atomic mass is 32.2. The fourth-order valence-corrected chi connectivity index (χ4v) is 4.37. The normalized spacial score (nSPS) is 34.2. The number of hydrogen-bond acceptors (Lipinski definition) is 4. The summed E-state index contributed by atoms with van der Waals surface area (Å²) >= 11 is 0. The minimum Gasteiger partial charge on any atom is -0.337 e. The molecular formula is C11H17F3N2O3S. The van der Waals surface area contributed by atoms with Crippen LogP contribution >= 0.6 is 0 Å². The van der Waals surface area contributed by atoms with Crippen LogP contribution in [0, 0.1) is 5.41 Å². The Balaban J connectivity index is 2.26. The summed E-state index contributed by atoms with van der Waals surface area (Å²) in [5, 5.41) is 2.59. The average molecular weight is 314 g/mol. The van der Waals surface area contributed by atoms with E-state index < -0.39 is 39.9 Å². The van der Waals surface area contributed by atoms with Crippen LogP contribution in [0.25, 0.3) is 0 Å². The van der Waals surface area contributed by atoms with Gasteiger partial charge in [-0.15, -0.1) is 0 Å². The van der Waals surface area contributed by atoms with E-state index in [1.807, 2.05) is 0 Å². The maximum Gasteiger partial charge on any atom is 0.404 e. The second-order valence-corrected chi connectivity index (χ2v) is 7.70. The third kappa shape index (κ3) is 2.52. The number of sulfone groups is 1. The van der Waals surface area contributed by atoms with Gasteiger partial charge >= 0.3 is 6.18 Å². The molecule has 116 valence electrons. The van der Waals surface area contributed by atoms with Gasteiger partial charge in [-0.05, 0) is 19.9 Å². The van der Waals surface area contributed by atoms with E-state index in [1.165, 1.54) is 6.92 Å². The number of halogens is 3. The van der Waals surface area contributed by atoms with Crippen LogP contribution in [-0.2, 0) is 14.6 Å². The maximum atomic E-state index is 13.3. The molecule has 0 aromatic carbocycles. The van der Waals surface area contributed by atoms with Crippen molar-refractivity contribution in [2.45, 2.75) is 25.6 Å². The van der Waals surface area contributed by atoms with Crippen molar-refractivity contribution in [3.8, 4) is 0 Å². The van der Waals surface area contributed by atoms with E-state index in [2.05, 4.69) is 5.32 Å². The van der Waals surface area contributed by atoms with Gasteiger partial charge in [-0.1, -0.05) is 0 Å². The first kappa shape index (κ1) is 15.6. The number of hydrogen-bond donors (Lipinski definition) is 1. The third-order valence-corrected chi connectivity index (χ3v) is 5.83. The van der Waals surface area contributed by atoms with Crippen molar-refractivity contribution in [1.29, 1.82) is 0 Å². The molecule has 20 heavy (non-hydrogen) atoms. The zero-order valence-electron chi connectivity index (χ0n) is 11.0. The average Bonchev–Trinajstić information content (AvgIpc) is 2.76. The molecule has 0 saturated carbocycles. The summed E-state index contributed by atoms with van der Waals surface area (Å²) in [7, 11) is -3.27. The van der Waals surface area contributed by atoms with Crippen molar-refractivity contribution in [3.05, 3.63) is 0 Å². The molecule has 0 aliphatic carbocycles. The Hall–Kier alpha value is -0.830. The van der Waals surface area contributed by atoms with Crippen LogP contribution < -0.4 is 5.32 Å². The van der Waals surface area contributed by atoms with Gasteiger partial charge in [0.25, 0.3) is 0 Å². The molecule has 2 unspecified atom stereocenters. The Kier molecular flexibility index (Phi) is 3.79. The second-order valence-electron chi connectivity index (χ2n) is 5.47. The van der Waals surface area contributed by atoms with E-state index in [0.717, 1.165) is 4.90 Å². The van der Waals surface area contributed by atoms with E-state index in [9.17, 15) is 26.4 Å². The Morgan fingerprint density at radius 1 is 1.40 bits per heavy atom. The van der Waals surface area contributed by atoms with Crippen LogP contribution in [0.2, 0.25) is 0 Å². The number of nitrogens with one attached hydrogen (secondary N) is 1. The van der Waals surface area contributed by atoms with Gasteiger partial charge in [0.2, 0.25) is 5.91 Å². The van der Waals surface area contributed by atoms with Crippen LogP contribution in [0.5, 0.6) is 0 Å². The van der Waals surface area contributed by atoms with Crippen molar-refractivity contribution < 1.29 is 26.4 Å². The largest absolute Gasteiger partial charge is 0.404 e. The van der Waals surface area contributed by atoms with E-state index in [0.29, 0.717) is 0 Å². The fraction of sp³-hybridized carbons (Fsp3) is 0.909. The van der Waals surface area contributed by atoms with E-state index in [4.69, 9.17) is 0 Å². The Labute approximate surface area is 115 Å². The molecule has 9 heteroatoms. The van der Waals surface area contributed by atoms with Gasteiger partial charge in [-0.25, -0.2) is 8.42 Å². The predicted molar refractivity (Wildman–Crippen MR) is 65.8 cm³/mol. The third-order valence-electron chi connectivity index (χ3n) is 4.04. The van der Waals surface area contributed by atoms with Crippen LogP contribution in [0.4, 0.5) is 13.2 Å². The lowest BCUT2D eigenvalue weighted by atomic mass is 9.84. The molecule has 2 aliphatic rings. The standard InChI is InChI=1S/C11H17F3N2O3S/c1-8-6-20(18,19)5-4-16(8)9(17)10(11(12,13)14)2-3-15-7-10/h8,15H,2-7H2,1H3. The molecule has 1 N–H and O–H groups in total. The molecule has 2 aliphatic heterocycles. The number of rotatable bonds is 1. The molecule has 5 nitrogen and oxygen atoms in total. The van der Waals surface area contributed by atoms with Gasteiger partial charge in [0, 0.05) is 19.1 Å². The number of amides is 1. The number of nitrogens with zero attached hydrogens (tertiary/aromatic N) is 1. The van der Waals surface area contributed by atoms with Crippen molar-refractivity contribution in [3.63, 3.8) is 0 Å². The monoisotopic (exact) mass is 314 g/mol. The molecule has 0 radical (unpaired) electrons. The quantitative estimate of drug-likeness (QED) is 0.749. The lowest BCUT2D eigenvalue weighted by molar-refractivity contribution is -0.222. The number of carbonyl (C=O) groups excluding carboxylic acids is 1. The maximum absolute atomic E-state index is 13.3. The lowest BCUT2D eigenvalue weighted by Crippen LogP contribution is -2.59. The molecule has 0 bridgehead atoms. The smallest absolute Gasteiger partial charge is 0.337 e. The fourth-order valence-electron chi connectivity index (χ4n) is 2.81. The first-order valence-corrected chi connectivity index (χ1v) is 8.20. The topological polar surface area (TPSA) is 66.5 Å². The highest BCUT2D eigenvalue weighted by Crippen LogP contribution is 2.44. The second kappa shape index (κ2) is 4.87. The van der Waals surface area contributed by atoms with Crippen molar-refractivity contribution in [2.75, 3.05) is 31.1 Å². The van der Waals surface area contributed by atoms with Crippen molar-refractivity contribution in [1.82, 2.24) is 10.2 Å². The Bertz CT molecular complexity index is 498. The zero-order chi connectivity index (χ0) is 15.2. The van der Waals surface area contributed by atoms with Crippen LogP contribution in [-0.4, -0.2) is 62.6 Å². The number of carbonyl (C=O) groups is 1. The van der Waals surface area contributed by atoms with Gasteiger partial charge < -0.3 is 10.2 Å². The highest BCUT2D eigenvalue weighted by Gasteiger charge is 2.63. The van der Waals surface area contributed by atoms with Crippen LogP contribution in [0.1, 0.15) is 13.3 Å². The molecule has 0 spiro atoms. The van der Waals surface area contributed by atoms with E-state index in [-0.39, 0.29) is 31.0 Å². The molecular weight excluding hydrogens is 297 g/mol. The summed E-state index contributed by atoms with van der Waals surface area (Å²) < 4.78 is 62.8. The minimum absolute atomic E-state index is 0.131. The van der Waals surface area contributed by atoms with Gasteiger partial charge in [0.15, 0.2) is 15.3 Å². The summed E-state index contributed by atoms with van der Waals surface area (Å²) in [6.45, 7) is 0.998. The molecule has 1 amide bonds. The minimum atomic E-state index is -4.64. The summed E-state index contributed by atoms with van der Waals surface area (Å²) in [5.74, 6) is -1.55. The molecule has 2 fully saturated rings. The van der Waals surface area contributed by atoms with E-state index >= 15 is 0 Å². The first-order valence-electron chi connectivity index (χ1n) is 6.38. The number of alkyl halides is 3. The zero-order valence-corrected chi connectivity index (χ0v) is 11.9. The van der Waals surface area contributed by atoms with Crippen LogP contribution in [0.3, 0.4) is 0 Å². The van der Waals surface area contributed by atoms with Gasteiger partial charge in [-0.2, -0.15) is 13.2 Å². The molecule has 0 aromatic rings. The lowest BCUT2D eigenvalue weighted by Gasteiger charge is -2.40. The Morgan fingerprint density at radius 3 is 2.50 bits per heavy atom. The summed E-state index contributed by atoms with van der Waals surface area (Å²) in [6.07, 6.45) is -4.94. The van der Waals surface area contributed by atoms with Gasteiger partial charge in [0.1, 0.15) is 0 Å². The van der Waals surface area contributed by atoms with Crippen LogP contribution in [0.15, 0.2) is 0 Å². The van der Waals surface area contributed by atoms with Gasteiger partial charge in [-0.3, -0.25) is 4.79 Å². The molecule has 2 atom stereocenters. The molecule has 2 heterocycles. The SMILES string of the molecule is CC1CS(=O)(=O)CCN1C(=O)C1(C(F)(F)F)CCNC1. The Morgan fingerprint density at radius 2 is 2.05 bits per heavy atom. The molecule has 2 rings (SSSR count). The summed E-state index contributed by atoms with van der Waals surface area (Å²) in [4.78, 5) is 13.4. The van der Waals surface area contributed by atoms with E-state index in [1.54, 1.807) is 0 Å². The van der Waals surface area contributed by atoms with Crippen molar-refractivity contribution >= 4 is 15.7 Å². The van der Waals surface area contributed by atoms with Gasteiger partial charge in [0.05, 0.1) is 11.5 Å². The summed E-state index contributed by atoms with van der Waals surface area (Å²) in [5.41, 5.74) is -2.41.